The number of nitrogens with one attached hydrogen (secondary N) is 1. The number of aromatic nitrogens is 3. The van der Waals surface area contributed by atoms with Crippen LogP contribution in [0.4, 0.5) is 10.3 Å². The Morgan fingerprint density at radius 1 is 1.13 bits per heavy atom. The number of hydrogen-bond acceptors (Lipinski definition) is 3. The zero-order valence-electron chi connectivity index (χ0n) is 12.8. The fourth-order valence-corrected chi connectivity index (χ4v) is 3.25. The van der Waals surface area contributed by atoms with Gasteiger partial charge in [-0.25, -0.2) is 9.07 Å². The molecule has 1 aliphatic heterocycles. The fraction of sp³-hybridized carbons (Fsp3) is 0.222. The van der Waals surface area contributed by atoms with Gasteiger partial charge in [0.15, 0.2) is 0 Å². The van der Waals surface area contributed by atoms with Crippen LogP contribution in [0, 0.1) is 12.7 Å². The summed E-state index contributed by atoms with van der Waals surface area (Å²) in [5.41, 5.74) is 3.53. The minimum absolute atomic E-state index is 0.0805. The van der Waals surface area contributed by atoms with E-state index < -0.39 is 0 Å². The van der Waals surface area contributed by atoms with E-state index in [1.807, 2.05) is 28.9 Å². The number of benzene rings is 2. The number of nitrogens with zero attached hydrogens (tertiary/aromatic N) is 3. The lowest BCUT2D eigenvalue weighted by Gasteiger charge is -2.32. The summed E-state index contributed by atoms with van der Waals surface area (Å²) in [4.78, 5) is 4.32. The average Bonchev–Trinajstić information content (AvgIpc) is 3.04. The van der Waals surface area contributed by atoms with E-state index in [0.29, 0.717) is 0 Å². The number of anilines is 1. The van der Waals surface area contributed by atoms with Crippen LogP contribution in [0.25, 0.3) is 0 Å². The Kier molecular flexibility index (Phi) is 3.33. The lowest BCUT2D eigenvalue weighted by Crippen LogP contribution is -2.28. The molecule has 0 saturated carbocycles. The molecule has 5 heteroatoms. The molecule has 0 aliphatic carbocycles. The molecule has 4 nitrogen and oxygen atoms in total. The van der Waals surface area contributed by atoms with Gasteiger partial charge in [-0.15, -0.1) is 0 Å². The average molecular weight is 308 g/mol. The van der Waals surface area contributed by atoms with Crippen LogP contribution in [0.5, 0.6) is 0 Å². The van der Waals surface area contributed by atoms with Crippen molar-refractivity contribution >= 4 is 5.95 Å². The highest BCUT2D eigenvalue weighted by molar-refractivity contribution is 5.39. The molecule has 2 unspecified atom stereocenters. The van der Waals surface area contributed by atoms with E-state index in [0.717, 1.165) is 17.9 Å². The molecule has 116 valence electrons. The molecule has 1 N–H and O–H groups in total. The van der Waals surface area contributed by atoms with Crippen LogP contribution in [0.15, 0.2) is 54.9 Å². The van der Waals surface area contributed by atoms with Crippen molar-refractivity contribution in [1.82, 2.24) is 14.8 Å². The molecule has 23 heavy (non-hydrogen) atoms. The number of aryl methyl sites for hydroxylation is 1. The SMILES string of the molecule is Cc1ccccc1C1CC(c2ccc(F)cc2)Nc2ncnn21. The molecule has 0 fully saturated rings. The second-order valence-electron chi connectivity index (χ2n) is 5.88. The fourth-order valence-electron chi connectivity index (χ4n) is 3.25. The predicted molar refractivity (Wildman–Crippen MR) is 86.7 cm³/mol. The van der Waals surface area contributed by atoms with E-state index >= 15 is 0 Å². The number of halogens is 1. The quantitative estimate of drug-likeness (QED) is 0.781. The van der Waals surface area contributed by atoms with Gasteiger partial charge < -0.3 is 5.32 Å². The highest BCUT2D eigenvalue weighted by atomic mass is 19.1. The van der Waals surface area contributed by atoms with Gasteiger partial charge in [0.1, 0.15) is 12.1 Å². The van der Waals surface area contributed by atoms with Gasteiger partial charge in [0.05, 0.1) is 12.1 Å². The van der Waals surface area contributed by atoms with E-state index in [1.165, 1.54) is 23.3 Å². The molecule has 4 rings (SSSR count). The number of rotatable bonds is 2. The highest BCUT2D eigenvalue weighted by Gasteiger charge is 2.30. The lowest BCUT2D eigenvalue weighted by atomic mass is 9.91. The van der Waals surface area contributed by atoms with Gasteiger partial charge in [0, 0.05) is 0 Å². The van der Waals surface area contributed by atoms with E-state index in [2.05, 4.69) is 34.5 Å². The van der Waals surface area contributed by atoms with Crippen molar-refractivity contribution in [3.05, 3.63) is 77.4 Å². The van der Waals surface area contributed by atoms with E-state index in [-0.39, 0.29) is 17.9 Å². The second-order valence-corrected chi connectivity index (χ2v) is 5.88. The zero-order valence-corrected chi connectivity index (χ0v) is 12.8. The Labute approximate surface area is 134 Å². The maximum atomic E-state index is 13.2. The third-order valence-corrected chi connectivity index (χ3v) is 4.45. The summed E-state index contributed by atoms with van der Waals surface area (Å²) in [6.07, 6.45) is 2.41. The zero-order chi connectivity index (χ0) is 15.8. The maximum absolute atomic E-state index is 13.2. The summed E-state index contributed by atoms with van der Waals surface area (Å²) < 4.78 is 15.1. The van der Waals surface area contributed by atoms with Gasteiger partial charge in [-0.3, -0.25) is 0 Å². The van der Waals surface area contributed by atoms with Crippen LogP contribution in [0.3, 0.4) is 0 Å². The molecular formula is C18H17FN4. The molecule has 0 spiro atoms. The van der Waals surface area contributed by atoms with Gasteiger partial charge >= 0.3 is 0 Å². The van der Waals surface area contributed by atoms with Crippen LogP contribution in [-0.2, 0) is 0 Å². The van der Waals surface area contributed by atoms with Gasteiger partial charge in [0.25, 0.3) is 0 Å². The second kappa shape index (κ2) is 5.50. The van der Waals surface area contributed by atoms with Crippen molar-refractivity contribution in [1.29, 1.82) is 0 Å². The number of fused-ring (bicyclic) bond motifs is 1. The van der Waals surface area contributed by atoms with Crippen LogP contribution < -0.4 is 5.32 Å². The summed E-state index contributed by atoms with van der Waals surface area (Å²) in [6.45, 7) is 2.11. The predicted octanol–water partition coefficient (Wildman–Crippen LogP) is 3.87. The molecule has 2 atom stereocenters. The van der Waals surface area contributed by atoms with Gasteiger partial charge in [-0.1, -0.05) is 36.4 Å². The van der Waals surface area contributed by atoms with Crippen LogP contribution >= 0.6 is 0 Å². The normalized spacial score (nSPS) is 19.9. The van der Waals surface area contributed by atoms with Gasteiger partial charge in [-0.2, -0.15) is 10.1 Å². The molecule has 2 heterocycles. The summed E-state index contributed by atoms with van der Waals surface area (Å²) in [5.74, 6) is 0.530. The molecule has 0 bridgehead atoms. The smallest absolute Gasteiger partial charge is 0.222 e. The molecular weight excluding hydrogens is 291 g/mol. The first-order chi connectivity index (χ1) is 11.2. The van der Waals surface area contributed by atoms with Crippen molar-refractivity contribution in [3.8, 4) is 0 Å². The topological polar surface area (TPSA) is 42.7 Å². The van der Waals surface area contributed by atoms with Crippen LogP contribution in [0.2, 0.25) is 0 Å². The van der Waals surface area contributed by atoms with Crippen molar-refractivity contribution < 1.29 is 4.39 Å². The monoisotopic (exact) mass is 308 g/mol. The largest absolute Gasteiger partial charge is 0.348 e. The first-order valence-corrected chi connectivity index (χ1v) is 7.69. The Balaban J connectivity index is 1.75. The highest BCUT2D eigenvalue weighted by Crippen LogP contribution is 2.38. The van der Waals surface area contributed by atoms with E-state index in [9.17, 15) is 4.39 Å². The maximum Gasteiger partial charge on any atom is 0.222 e. The van der Waals surface area contributed by atoms with Crippen molar-refractivity contribution in [3.63, 3.8) is 0 Å². The van der Waals surface area contributed by atoms with Crippen molar-refractivity contribution in [2.45, 2.75) is 25.4 Å². The minimum Gasteiger partial charge on any atom is -0.348 e. The van der Waals surface area contributed by atoms with Crippen molar-refractivity contribution in [2.75, 3.05) is 5.32 Å². The van der Waals surface area contributed by atoms with Gasteiger partial charge in [-0.05, 0) is 42.2 Å². The van der Waals surface area contributed by atoms with E-state index in [4.69, 9.17) is 0 Å². The molecule has 2 aromatic carbocycles. The molecule has 0 saturated heterocycles. The Hall–Kier alpha value is -2.69. The summed E-state index contributed by atoms with van der Waals surface area (Å²) in [6, 6.07) is 15.2. The first kappa shape index (κ1) is 13.9. The Bertz CT molecular complexity index is 825. The molecule has 3 aromatic rings. The first-order valence-electron chi connectivity index (χ1n) is 7.69. The van der Waals surface area contributed by atoms with Crippen LogP contribution in [-0.4, -0.2) is 14.8 Å². The summed E-state index contributed by atoms with van der Waals surface area (Å²) in [5, 5.41) is 7.78. The molecule has 0 radical (unpaired) electrons. The third kappa shape index (κ3) is 2.48. The van der Waals surface area contributed by atoms with Gasteiger partial charge in [0.2, 0.25) is 5.95 Å². The van der Waals surface area contributed by atoms with E-state index in [1.54, 1.807) is 6.33 Å². The Morgan fingerprint density at radius 3 is 2.70 bits per heavy atom. The van der Waals surface area contributed by atoms with Crippen LogP contribution in [0.1, 0.15) is 35.2 Å². The summed E-state index contributed by atoms with van der Waals surface area (Å²) >= 11 is 0. The number of hydrogen-bond donors (Lipinski definition) is 1. The molecule has 0 amide bonds. The standard InChI is InChI=1S/C18H17FN4/c1-12-4-2-3-5-15(12)17-10-16(13-6-8-14(19)9-7-13)22-18-20-11-21-23(17)18/h2-9,11,16-17H,10H2,1H3,(H,20,21,22). The summed E-state index contributed by atoms with van der Waals surface area (Å²) in [7, 11) is 0. The minimum atomic E-state index is -0.219. The molecule has 1 aliphatic rings. The lowest BCUT2D eigenvalue weighted by molar-refractivity contribution is 0.429. The Morgan fingerprint density at radius 2 is 1.91 bits per heavy atom. The third-order valence-electron chi connectivity index (χ3n) is 4.45. The van der Waals surface area contributed by atoms with Crippen molar-refractivity contribution in [2.24, 2.45) is 0 Å². The molecule has 1 aromatic heterocycles.